The molecule has 8 nitrogen and oxygen atoms in total. The number of nitrogens with zero attached hydrogens (tertiary/aromatic N) is 1. The minimum absolute atomic E-state index is 0.221. The van der Waals surface area contributed by atoms with Crippen molar-refractivity contribution in [1.82, 2.24) is 15.5 Å². The number of amides is 3. The summed E-state index contributed by atoms with van der Waals surface area (Å²) >= 11 is 3.23. The SMILES string of the molecule is Cc1ccc(Nc2ccc(CNC(=O)[C@H](CSCC3CCCCC3)NC(=O)[C@@H]3CSCN3C(=O)OC(C)(C)C)cc2)cc1. The van der Waals surface area contributed by atoms with E-state index in [9.17, 15) is 14.4 Å². The minimum Gasteiger partial charge on any atom is -0.444 e. The molecular formula is C33H46N4O4S2. The van der Waals surface area contributed by atoms with Crippen molar-refractivity contribution in [2.75, 3.05) is 28.5 Å². The molecule has 2 aromatic carbocycles. The van der Waals surface area contributed by atoms with Gasteiger partial charge in [0.1, 0.15) is 17.7 Å². The molecule has 0 radical (unpaired) electrons. The predicted octanol–water partition coefficient (Wildman–Crippen LogP) is 6.46. The van der Waals surface area contributed by atoms with E-state index in [4.69, 9.17) is 4.74 Å². The van der Waals surface area contributed by atoms with Crippen molar-refractivity contribution in [3.63, 3.8) is 0 Å². The largest absolute Gasteiger partial charge is 0.444 e. The first-order valence-corrected chi connectivity index (χ1v) is 17.5. The Labute approximate surface area is 264 Å². The van der Waals surface area contributed by atoms with E-state index in [0.717, 1.165) is 22.7 Å². The van der Waals surface area contributed by atoms with Gasteiger partial charge >= 0.3 is 6.09 Å². The van der Waals surface area contributed by atoms with Gasteiger partial charge in [0.15, 0.2) is 0 Å². The van der Waals surface area contributed by atoms with Crippen LogP contribution in [0.3, 0.4) is 0 Å². The van der Waals surface area contributed by atoms with Crippen LogP contribution in [0.5, 0.6) is 0 Å². The summed E-state index contributed by atoms with van der Waals surface area (Å²) in [6, 6.07) is 14.8. The second kappa shape index (κ2) is 15.7. The summed E-state index contributed by atoms with van der Waals surface area (Å²) in [5.74, 6) is 2.45. The van der Waals surface area contributed by atoms with Crippen LogP contribution in [-0.2, 0) is 20.9 Å². The molecule has 2 atom stereocenters. The standard InChI is InChI=1S/C33H46N4O4S2/c1-23-10-14-26(15-11-23)35-27-16-12-24(13-17-27)18-34-30(38)28(20-42-19-25-8-6-5-7-9-25)36-31(39)29-21-43-22-37(29)32(40)41-33(2,3)4/h10-17,25,28-29,35H,5-9,18-22H2,1-4H3,(H,34,38)(H,36,39)/t28-,29-/m0/s1. The number of anilines is 2. The Morgan fingerprint density at radius 3 is 2.30 bits per heavy atom. The lowest BCUT2D eigenvalue weighted by molar-refractivity contribution is -0.130. The number of carbonyl (C=O) groups is 3. The molecule has 0 unspecified atom stereocenters. The molecule has 0 spiro atoms. The second-order valence-corrected chi connectivity index (χ2v) is 14.5. The van der Waals surface area contributed by atoms with Gasteiger partial charge in [-0.3, -0.25) is 14.5 Å². The molecule has 2 fully saturated rings. The Kier molecular flexibility index (Phi) is 12.1. The molecule has 234 valence electrons. The average Bonchev–Trinajstić information content (AvgIpc) is 3.48. The van der Waals surface area contributed by atoms with Crippen LogP contribution in [0.1, 0.15) is 64.0 Å². The monoisotopic (exact) mass is 626 g/mol. The highest BCUT2D eigenvalue weighted by molar-refractivity contribution is 7.99. The highest BCUT2D eigenvalue weighted by atomic mass is 32.2. The molecule has 4 rings (SSSR count). The van der Waals surface area contributed by atoms with Gasteiger partial charge in [-0.15, -0.1) is 11.8 Å². The summed E-state index contributed by atoms with van der Waals surface area (Å²) in [5, 5.41) is 9.39. The second-order valence-electron chi connectivity index (χ2n) is 12.5. The molecule has 3 N–H and O–H groups in total. The van der Waals surface area contributed by atoms with Crippen molar-refractivity contribution < 1.29 is 19.1 Å². The first kappa shape index (κ1) is 33.1. The Balaban J connectivity index is 1.35. The maximum atomic E-state index is 13.4. The van der Waals surface area contributed by atoms with Crippen LogP contribution in [0.15, 0.2) is 48.5 Å². The van der Waals surface area contributed by atoms with E-state index < -0.39 is 23.8 Å². The molecular weight excluding hydrogens is 581 g/mol. The van der Waals surface area contributed by atoms with Crippen molar-refractivity contribution in [3.05, 3.63) is 59.7 Å². The van der Waals surface area contributed by atoms with Gasteiger partial charge in [0.25, 0.3) is 0 Å². The number of carbonyl (C=O) groups excluding carboxylic acids is 3. The molecule has 10 heteroatoms. The van der Waals surface area contributed by atoms with Gasteiger partial charge in [0, 0.05) is 29.4 Å². The van der Waals surface area contributed by atoms with Gasteiger partial charge < -0.3 is 20.7 Å². The van der Waals surface area contributed by atoms with Crippen molar-refractivity contribution in [1.29, 1.82) is 0 Å². The van der Waals surface area contributed by atoms with Crippen LogP contribution >= 0.6 is 23.5 Å². The number of aryl methyl sites for hydroxylation is 1. The maximum Gasteiger partial charge on any atom is 0.411 e. The van der Waals surface area contributed by atoms with Crippen LogP contribution in [0, 0.1) is 12.8 Å². The Bertz CT molecular complexity index is 1210. The van der Waals surface area contributed by atoms with Gasteiger partial charge in [-0.1, -0.05) is 49.1 Å². The summed E-state index contributed by atoms with van der Waals surface area (Å²) in [6.45, 7) is 7.83. The summed E-state index contributed by atoms with van der Waals surface area (Å²) in [6.07, 6.45) is 5.80. The summed E-state index contributed by atoms with van der Waals surface area (Å²) < 4.78 is 5.53. The van der Waals surface area contributed by atoms with Gasteiger partial charge in [-0.2, -0.15) is 11.8 Å². The molecule has 3 amide bonds. The van der Waals surface area contributed by atoms with Crippen LogP contribution in [-0.4, -0.2) is 63.6 Å². The third kappa shape index (κ3) is 10.7. The molecule has 1 aliphatic heterocycles. The van der Waals surface area contributed by atoms with Gasteiger partial charge in [-0.05, 0) is 82.0 Å². The number of hydrogen-bond donors (Lipinski definition) is 3. The number of thioether (sulfide) groups is 2. The van der Waals surface area contributed by atoms with Crippen LogP contribution in [0.4, 0.5) is 16.2 Å². The molecule has 2 aromatic rings. The smallest absolute Gasteiger partial charge is 0.411 e. The molecule has 1 saturated heterocycles. The quantitative estimate of drug-likeness (QED) is 0.263. The first-order valence-electron chi connectivity index (χ1n) is 15.2. The van der Waals surface area contributed by atoms with Crippen LogP contribution in [0.25, 0.3) is 0 Å². The van der Waals surface area contributed by atoms with E-state index in [1.54, 1.807) is 32.5 Å². The van der Waals surface area contributed by atoms with Gasteiger partial charge in [0.2, 0.25) is 11.8 Å². The average molecular weight is 627 g/mol. The molecule has 43 heavy (non-hydrogen) atoms. The van der Waals surface area contributed by atoms with Crippen molar-refractivity contribution in [2.24, 2.45) is 5.92 Å². The van der Waals surface area contributed by atoms with Crippen LogP contribution in [0.2, 0.25) is 0 Å². The lowest BCUT2D eigenvalue weighted by Crippen LogP contribution is -2.55. The highest BCUT2D eigenvalue weighted by Crippen LogP contribution is 2.28. The van der Waals surface area contributed by atoms with Gasteiger partial charge in [0.05, 0.1) is 5.88 Å². The predicted molar refractivity (Wildman–Crippen MR) is 178 cm³/mol. The fourth-order valence-corrected chi connectivity index (χ4v) is 7.55. The molecule has 1 heterocycles. The highest BCUT2D eigenvalue weighted by Gasteiger charge is 2.38. The van der Waals surface area contributed by atoms with E-state index in [1.807, 2.05) is 36.4 Å². The van der Waals surface area contributed by atoms with E-state index in [-0.39, 0.29) is 11.8 Å². The van der Waals surface area contributed by atoms with E-state index in [2.05, 4.69) is 35.0 Å². The fourth-order valence-electron chi connectivity index (χ4n) is 5.14. The lowest BCUT2D eigenvalue weighted by atomic mass is 9.91. The van der Waals surface area contributed by atoms with Crippen molar-refractivity contribution in [2.45, 2.75) is 84.0 Å². The van der Waals surface area contributed by atoms with E-state index >= 15 is 0 Å². The summed E-state index contributed by atoms with van der Waals surface area (Å²) in [5.41, 5.74) is 3.50. The number of benzene rings is 2. The van der Waals surface area contributed by atoms with Crippen LogP contribution < -0.4 is 16.0 Å². The lowest BCUT2D eigenvalue weighted by Gasteiger charge is -2.28. The topological polar surface area (TPSA) is 99.8 Å². The Morgan fingerprint density at radius 1 is 1.00 bits per heavy atom. The Morgan fingerprint density at radius 2 is 1.65 bits per heavy atom. The van der Waals surface area contributed by atoms with Crippen molar-refractivity contribution >= 4 is 52.8 Å². The summed E-state index contributed by atoms with van der Waals surface area (Å²) in [4.78, 5) is 41.1. The number of hydrogen-bond acceptors (Lipinski definition) is 7. The normalized spacial score (nSPS) is 18.1. The molecule has 1 aliphatic carbocycles. The third-order valence-corrected chi connectivity index (χ3v) is 9.86. The molecule has 0 aromatic heterocycles. The molecule has 2 aliphatic rings. The maximum absolute atomic E-state index is 13.4. The zero-order valence-electron chi connectivity index (χ0n) is 25.8. The fraction of sp³-hybridized carbons (Fsp3) is 0.545. The zero-order chi connectivity index (χ0) is 30.8. The molecule has 1 saturated carbocycles. The third-order valence-electron chi connectivity index (χ3n) is 7.57. The number of rotatable bonds is 11. The van der Waals surface area contributed by atoms with Gasteiger partial charge in [-0.25, -0.2) is 4.79 Å². The Hall–Kier alpha value is -2.85. The first-order chi connectivity index (χ1) is 20.6. The number of nitrogens with one attached hydrogen (secondary N) is 3. The zero-order valence-corrected chi connectivity index (χ0v) is 27.5. The summed E-state index contributed by atoms with van der Waals surface area (Å²) in [7, 11) is 0. The van der Waals surface area contributed by atoms with Crippen molar-refractivity contribution in [3.8, 4) is 0 Å². The van der Waals surface area contributed by atoms with E-state index in [1.165, 1.54) is 54.3 Å². The minimum atomic E-state index is -0.699. The molecule has 0 bridgehead atoms. The number of ether oxygens (including phenoxy) is 1. The van der Waals surface area contributed by atoms with E-state index in [0.29, 0.717) is 29.8 Å².